The van der Waals surface area contributed by atoms with Gasteiger partial charge in [0.15, 0.2) is 18.1 Å². The Hall–Kier alpha value is -2.58. The highest BCUT2D eigenvalue weighted by Crippen LogP contribution is 2.41. The van der Waals surface area contributed by atoms with Crippen LogP contribution in [-0.4, -0.2) is 44.9 Å². The first kappa shape index (κ1) is 20.2. The van der Waals surface area contributed by atoms with Crippen molar-refractivity contribution >= 4 is 21.6 Å². The van der Waals surface area contributed by atoms with Crippen LogP contribution in [0.2, 0.25) is 0 Å². The van der Waals surface area contributed by atoms with E-state index in [1.807, 2.05) is 26.0 Å². The van der Waals surface area contributed by atoms with Gasteiger partial charge >= 0.3 is 0 Å². The second-order valence-corrected chi connectivity index (χ2v) is 9.58. The minimum absolute atomic E-state index is 0.159. The minimum Gasteiger partial charge on any atom is -0.483 e. The molecule has 0 fully saturated rings. The Kier molecular flexibility index (Phi) is 5.36. The number of hydrogen-bond acceptors (Lipinski definition) is 5. The number of anilines is 1. The van der Waals surface area contributed by atoms with Gasteiger partial charge in [0, 0.05) is 31.8 Å². The molecule has 0 aliphatic carbocycles. The van der Waals surface area contributed by atoms with Gasteiger partial charge in [0.05, 0.1) is 4.90 Å². The topological polar surface area (TPSA) is 84.9 Å². The fraction of sp³-hybridized carbons (Fsp3) is 0.350. The number of carbonyl (C=O) groups excluding carboxylic acids is 1. The fourth-order valence-electron chi connectivity index (χ4n) is 2.96. The Bertz CT molecular complexity index is 982. The van der Waals surface area contributed by atoms with Crippen LogP contribution in [0.1, 0.15) is 19.4 Å². The molecule has 0 bridgehead atoms. The number of hydrogen-bond donors (Lipinski definition) is 1. The van der Waals surface area contributed by atoms with Gasteiger partial charge in [-0.1, -0.05) is 12.1 Å². The van der Waals surface area contributed by atoms with Crippen molar-refractivity contribution in [2.45, 2.75) is 30.8 Å². The average molecular weight is 404 g/mol. The highest BCUT2D eigenvalue weighted by atomic mass is 32.2. The highest BCUT2D eigenvalue weighted by Gasteiger charge is 2.32. The summed E-state index contributed by atoms with van der Waals surface area (Å²) in [5, 5.41) is 2.69. The minimum atomic E-state index is -3.50. The molecular formula is C20H24N2O5S. The SMILES string of the molecule is CN(C)S(=O)(=O)c1ccc(NC(=O)COc2cccc3c2OC(C)(C)C3)cc1. The summed E-state index contributed by atoms with van der Waals surface area (Å²) in [6.45, 7) is 3.82. The van der Waals surface area contributed by atoms with Crippen molar-refractivity contribution in [3.63, 3.8) is 0 Å². The largest absolute Gasteiger partial charge is 0.483 e. The summed E-state index contributed by atoms with van der Waals surface area (Å²) in [4.78, 5) is 12.4. The van der Waals surface area contributed by atoms with Crippen LogP contribution in [-0.2, 0) is 21.2 Å². The number of amides is 1. The number of rotatable bonds is 6. The van der Waals surface area contributed by atoms with Crippen LogP contribution in [0.4, 0.5) is 5.69 Å². The first-order valence-corrected chi connectivity index (χ1v) is 10.3. The predicted octanol–water partition coefficient (Wildman–Crippen LogP) is 2.67. The van der Waals surface area contributed by atoms with Crippen molar-refractivity contribution in [3.05, 3.63) is 48.0 Å². The van der Waals surface area contributed by atoms with Gasteiger partial charge in [-0.2, -0.15) is 0 Å². The maximum atomic E-state index is 12.2. The highest BCUT2D eigenvalue weighted by molar-refractivity contribution is 7.89. The van der Waals surface area contributed by atoms with Crippen molar-refractivity contribution in [3.8, 4) is 11.5 Å². The normalized spacial score (nSPS) is 15.0. The van der Waals surface area contributed by atoms with Crippen LogP contribution >= 0.6 is 0 Å². The van der Waals surface area contributed by atoms with Crippen molar-refractivity contribution in [1.29, 1.82) is 0 Å². The van der Waals surface area contributed by atoms with Crippen molar-refractivity contribution in [2.75, 3.05) is 26.0 Å². The molecule has 2 aromatic carbocycles. The number of nitrogens with one attached hydrogen (secondary N) is 1. The first-order valence-electron chi connectivity index (χ1n) is 8.85. The van der Waals surface area contributed by atoms with Gasteiger partial charge in [0.2, 0.25) is 10.0 Å². The number of fused-ring (bicyclic) bond motifs is 1. The third kappa shape index (κ3) is 4.28. The van der Waals surface area contributed by atoms with Gasteiger partial charge in [0.1, 0.15) is 5.60 Å². The summed E-state index contributed by atoms with van der Waals surface area (Å²) in [5.41, 5.74) is 1.25. The van der Waals surface area contributed by atoms with E-state index in [2.05, 4.69) is 5.32 Å². The lowest BCUT2D eigenvalue weighted by Gasteiger charge is -2.18. The molecule has 150 valence electrons. The van der Waals surface area contributed by atoms with E-state index in [1.165, 1.54) is 26.2 Å². The Labute approximate surface area is 165 Å². The van der Waals surface area contributed by atoms with Crippen molar-refractivity contribution in [2.24, 2.45) is 0 Å². The second-order valence-electron chi connectivity index (χ2n) is 7.43. The predicted molar refractivity (Wildman–Crippen MR) is 106 cm³/mol. The monoisotopic (exact) mass is 404 g/mol. The van der Waals surface area contributed by atoms with Gasteiger partial charge in [-0.05, 0) is 44.2 Å². The molecule has 3 rings (SSSR count). The summed E-state index contributed by atoms with van der Waals surface area (Å²) >= 11 is 0. The fourth-order valence-corrected chi connectivity index (χ4v) is 3.86. The van der Waals surface area contributed by atoms with Crippen LogP contribution < -0.4 is 14.8 Å². The zero-order valence-corrected chi connectivity index (χ0v) is 17.2. The van der Waals surface area contributed by atoms with Gasteiger partial charge in [-0.15, -0.1) is 0 Å². The Morgan fingerprint density at radius 1 is 1.18 bits per heavy atom. The molecule has 0 saturated carbocycles. The number of sulfonamides is 1. The maximum Gasteiger partial charge on any atom is 0.262 e. The van der Waals surface area contributed by atoms with Crippen molar-refractivity contribution in [1.82, 2.24) is 4.31 Å². The average Bonchev–Trinajstić information content (AvgIpc) is 2.94. The summed E-state index contributed by atoms with van der Waals surface area (Å²) in [5.74, 6) is 0.863. The van der Waals surface area contributed by atoms with Crippen LogP contribution in [0.15, 0.2) is 47.4 Å². The lowest BCUT2D eigenvalue weighted by Crippen LogP contribution is -2.25. The van der Waals surface area contributed by atoms with E-state index < -0.39 is 10.0 Å². The van der Waals surface area contributed by atoms with E-state index in [0.717, 1.165) is 16.3 Å². The number of para-hydroxylation sites is 1. The van der Waals surface area contributed by atoms with E-state index in [9.17, 15) is 13.2 Å². The molecule has 28 heavy (non-hydrogen) atoms. The summed E-state index contributed by atoms with van der Waals surface area (Å²) in [7, 11) is -0.570. The van der Waals surface area contributed by atoms with Crippen LogP contribution in [0.5, 0.6) is 11.5 Å². The number of benzene rings is 2. The summed E-state index contributed by atoms with van der Waals surface area (Å²) in [6.07, 6.45) is 0.786. The Morgan fingerprint density at radius 3 is 2.50 bits per heavy atom. The van der Waals surface area contributed by atoms with Gasteiger partial charge in [-0.25, -0.2) is 12.7 Å². The van der Waals surface area contributed by atoms with Gasteiger partial charge in [0.25, 0.3) is 5.91 Å². The molecule has 8 heteroatoms. The van der Waals surface area contributed by atoms with E-state index in [0.29, 0.717) is 17.2 Å². The molecular weight excluding hydrogens is 380 g/mol. The third-order valence-electron chi connectivity index (χ3n) is 4.33. The number of nitrogens with zero attached hydrogens (tertiary/aromatic N) is 1. The zero-order chi connectivity index (χ0) is 20.5. The second kappa shape index (κ2) is 7.44. The van der Waals surface area contributed by atoms with Gasteiger partial charge < -0.3 is 14.8 Å². The molecule has 1 aliphatic heterocycles. The quantitative estimate of drug-likeness (QED) is 0.800. The van der Waals surface area contributed by atoms with Gasteiger partial charge in [-0.3, -0.25) is 4.79 Å². The Morgan fingerprint density at radius 2 is 1.86 bits per heavy atom. The maximum absolute atomic E-state index is 12.2. The first-order chi connectivity index (χ1) is 13.1. The van der Waals surface area contributed by atoms with Crippen LogP contribution in [0.25, 0.3) is 0 Å². The van der Waals surface area contributed by atoms with Crippen LogP contribution in [0.3, 0.4) is 0 Å². The lowest BCUT2D eigenvalue weighted by molar-refractivity contribution is -0.118. The lowest BCUT2D eigenvalue weighted by atomic mass is 10.0. The molecule has 1 amide bonds. The van der Waals surface area contributed by atoms with Crippen molar-refractivity contribution < 1.29 is 22.7 Å². The molecule has 2 aromatic rings. The summed E-state index contributed by atoms with van der Waals surface area (Å²) in [6, 6.07) is 11.6. The molecule has 1 heterocycles. The zero-order valence-electron chi connectivity index (χ0n) is 16.4. The third-order valence-corrected chi connectivity index (χ3v) is 6.16. The van der Waals surface area contributed by atoms with E-state index >= 15 is 0 Å². The molecule has 1 aliphatic rings. The molecule has 0 atom stereocenters. The van der Waals surface area contributed by atoms with Crippen LogP contribution in [0, 0.1) is 0 Å². The standard InChI is InChI=1S/C20H24N2O5S/c1-20(2)12-14-6-5-7-17(19(14)27-20)26-13-18(23)21-15-8-10-16(11-9-15)28(24,25)22(3)4/h5-11H,12-13H2,1-4H3,(H,21,23). The van der Waals surface area contributed by atoms with E-state index in [-0.39, 0.29) is 23.0 Å². The van der Waals surface area contributed by atoms with E-state index in [1.54, 1.807) is 18.2 Å². The molecule has 0 spiro atoms. The molecule has 7 nitrogen and oxygen atoms in total. The molecule has 0 unspecified atom stereocenters. The van der Waals surface area contributed by atoms with E-state index in [4.69, 9.17) is 9.47 Å². The summed E-state index contributed by atoms with van der Waals surface area (Å²) < 4.78 is 36.8. The number of carbonyl (C=O) groups is 1. The Balaban J connectivity index is 1.61. The molecule has 1 N–H and O–H groups in total. The smallest absolute Gasteiger partial charge is 0.262 e. The molecule has 0 aromatic heterocycles. The molecule has 0 radical (unpaired) electrons. The number of ether oxygens (including phenoxy) is 2. The molecule has 0 saturated heterocycles.